The minimum atomic E-state index is -0.722. The Morgan fingerprint density at radius 3 is 2.33 bits per heavy atom. The largest absolute Gasteiger partial charge is 0.491 e. The molecule has 0 heterocycles. The molecule has 1 fully saturated rings. The third-order valence-corrected chi connectivity index (χ3v) is 3.40. The third kappa shape index (κ3) is 2.72. The van der Waals surface area contributed by atoms with Crippen LogP contribution in [0.2, 0.25) is 0 Å². The molecule has 0 radical (unpaired) electrons. The number of ketones is 1. The normalized spacial score (nSPS) is 18.5. The number of hydrogen-bond acceptors (Lipinski definition) is 3. The Morgan fingerprint density at radius 1 is 1.33 bits per heavy atom. The summed E-state index contributed by atoms with van der Waals surface area (Å²) in [5.74, 6) is 1.16. The van der Waals surface area contributed by atoms with Crippen molar-refractivity contribution >= 4 is 5.78 Å². The molecule has 0 amide bonds. The zero-order chi connectivity index (χ0) is 13.3. The first-order valence-electron chi connectivity index (χ1n) is 6.51. The zero-order valence-electron chi connectivity index (χ0n) is 11.3. The zero-order valence-corrected chi connectivity index (χ0v) is 11.3. The number of nitrogens with two attached hydrogens (primary N) is 1. The molecule has 1 aromatic rings. The van der Waals surface area contributed by atoms with E-state index in [-0.39, 0.29) is 11.9 Å². The van der Waals surface area contributed by atoms with Gasteiger partial charge in [0.25, 0.3) is 0 Å². The fraction of sp³-hybridized carbons (Fsp3) is 0.533. The fourth-order valence-electron chi connectivity index (χ4n) is 2.14. The molecule has 0 aliphatic heterocycles. The number of benzene rings is 1. The van der Waals surface area contributed by atoms with Crippen molar-refractivity contribution < 1.29 is 9.53 Å². The first-order valence-corrected chi connectivity index (χ1v) is 6.51. The molecule has 1 saturated carbocycles. The number of Topliss-reactive ketones (excluding diaryl/α,β-unsaturated/α-hetero) is 1. The summed E-state index contributed by atoms with van der Waals surface area (Å²) in [6.45, 7) is 5.79. The summed E-state index contributed by atoms with van der Waals surface area (Å²) in [5, 5.41) is 0. The Kier molecular flexibility index (Phi) is 3.44. The molecule has 98 valence electrons. The quantitative estimate of drug-likeness (QED) is 0.814. The van der Waals surface area contributed by atoms with Gasteiger partial charge in [0.05, 0.1) is 11.6 Å². The lowest BCUT2D eigenvalue weighted by atomic mass is 9.87. The second-order valence-electron chi connectivity index (χ2n) is 5.58. The van der Waals surface area contributed by atoms with Crippen LogP contribution in [0.3, 0.4) is 0 Å². The van der Waals surface area contributed by atoms with Crippen LogP contribution in [0.25, 0.3) is 0 Å². The van der Waals surface area contributed by atoms with E-state index >= 15 is 0 Å². The van der Waals surface area contributed by atoms with Crippen LogP contribution in [0.5, 0.6) is 5.75 Å². The van der Waals surface area contributed by atoms with Gasteiger partial charge in [0.15, 0.2) is 5.78 Å². The molecule has 0 aromatic heterocycles. The predicted octanol–water partition coefficient (Wildman–Crippen LogP) is 2.78. The summed E-state index contributed by atoms with van der Waals surface area (Å²) < 4.78 is 5.55. The Morgan fingerprint density at radius 2 is 1.89 bits per heavy atom. The van der Waals surface area contributed by atoms with E-state index in [1.807, 2.05) is 32.9 Å². The van der Waals surface area contributed by atoms with Gasteiger partial charge < -0.3 is 10.5 Å². The first kappa shape index (κ1) is 13.1. The van der Waals surface area contributed by atoms with Crippen LogP contribution in [0.1, 0.15) is 44.0 Å². The van der Waals surface area contributed by atoms with E-state index in [1.165, 1.54) is 0 Å². The molecule has 1 aromatic carbocycles. The molecule has 3 nitrogen and oxygen atoms in total. The molecule has 0 bridgehead atoms. The molecule has 0 spiro atoms. The fourth-order valence-corrected chi connectivity index (χ4v) is 2.14. The molecule has 1 atom stereocenters. The number of hydrogen-bond donors (Lipinski definition) is 1. The van der Waals surface area contributed by atoms with Gasteiger partial charge in [0.1, 0.15) is 5.75 Å². The average Bonchev–Trinajstić information content (AvgIpc) is 3.12. The molecule has 1 aliphatic carbocycles. The van der Waals surface area contributed by atoms with Crippen molar-refractivity contribution in [2.24, 2.45) is 11.7 Å². The monoisotopic (exact) mass is 247 g/mol. The Hall–Kier alpha value is -1.35. The average molecular weight is 247 g/mol. The molecule has 3 heteroatoms. The number of carbonyl (C=O) groups is 1. The minimum Gasteiger partial charge on any atom is -0.491 e. The van der Waals surface area contributed by atoms with Gasteiger partial charge in [-0.15, -0.1) is 0 Å². The van der Waals surface area contributed by atoms with Crippen LogP contribution in [-0.4, -0.2) is 17.4 Å². The molecule has 2 rings (SSSR count). The second kappa shape index (κ2) is 4.73. The smallest absolute Gasteiger partial charge is 0.182 e. The number of rotatable bonds is 5. The minimum absolute atomic E-state index is 0.0288. The van der Waals surface area contributed by atoms with Crippen molar-refractivity contribution in [1.29, 1.82) is 0 Å². The van der Waals surface area contributed by atoms with Gasteiger partial charge >= 0.3 is 0 Å². The summed E-state index contributed by atoms with van der Waals surface area (Å²) >= 11 is 0. The van der Waals surface area contributed by atoms with Crippen molar-refractivity contribution in [3.63, 3.8) is 0 Å². The van der Waals surface area contributed by atoms with Gasteiger partial charge in [-0.05, 0) is 63.8 Å². The van der Waals surface area contributed by atoms with E-state index in [9.17, 15) is 4.79 Å². The van der Waals surface area contributed by atoms with Crippen molar-refractivity contribution in [1.82, 2.24) is 0 Å². The highest BCUT2D eigenvalue weighted by atomic mass is 16.5. The highest BCUT2D eigenvalue weighted by Crippen LogP contribution is 2.39. The summed E-state index contributed by atoms with van der Waals surface area (Å²) in [7, 11) is 0. The van der Waals surface area contributed by atoms with E-state index < -0.39 is 5.54 Å². The van der Waals surface area contributed by atoms with E-state index in [0.717, 1.165) is 18.6 Å². The SMILES string of the molecule is CC(C)Oc1ccc(C(=O)C(C)(N)C2CC2)cc1. The highest BCUT2D eigenvalue weighted by molar-refractivity contribution is 6.03. The lowest BCUT2D eigenvalue weighted by Crippen LogP contribution is -2.47. The van der Waals surface area contributed by atoms with Gasteiger partial charge in [-0.3, -0.25) is 4.79 Å². The standard InChI is InChI=1S/C15H21NO2/c1-10(2)18-13-8-4-11(5-9-13)14(17)15(3,16)12-6-7-12/h4-5,8-10,12H,6-7,16H2,1-3H3. The molecule has 2 N–H and O–H groups in total. The number of carbonyl (C=O) groups excluding carboxylic acids is 1. The van der Waals surface area contributed by atoms with Gasteiger partial charge in [0.2, 0.25) is 0 Å². The van der Waals surface area contributed by atoms with Crippen LogP contribution in [0.15, 0.2) is 24.3 Å². The van der Waals surface area contributed by atoms with Gasteiger partial charge in [-0.1, -0.05) is 0 Å². The molecule has 18 heavy (non-hydrogen) atoms. The lowest BCUT2D eigenvalue weighted by molar-refractivity contribution is 0.0883. The summed E-state index contributed by atoms with van der Waals surface area (Å²) in [5.41, 5.74) is 6.08. The Labute approximate surface area is 108 Å². The molecule has 1 unspecified atom stereocenters. The van der Waals surface area contributed by atoms with E-state index in [0.29, 0.717) is 11.5 Å². The predicted molar refractivity (Wildman–Crippen MR) is 71.9 cm³/mol. The maximum atomic E-state index is 12.3. The highest BCUT2D eigenvalue weighted by Gasteiger charge is 2.44. The Balaban J connectivity index is 2.11. The van der Waals surface area contributed by atoms with Crippen LogP contribution < -0.4 is 10.5 Å². The topological polar surface area (TPSA) is 52.3 Å². The van der Waals surface area contributed by atoms with Gasteiger partial charge in [-0.25, -0.2) is 0 Å². The summed E-state index contributed by atoms with van der Waals surface area (Å²) in [4.78, 5) is 12.3. The lowest BCUT2D eigenvalue weighted by Gasteiger charge is -2.22. The molecule has 0 saturated heterocycles. The Bertz CT molecular complexity index is 430. The first-order chi connectivity index (χ1) is 8.41. The van der Waals surface area contributed by atoms with Crippen LogP contribution >= 0.6 is 0 Å². The molecule has 1 aliphatic rings. The summed E-state index contributed by atoms with van der Waals surface area (Å²) in [6.07, 6.45) is 2.26. The maximum absolute atomic E-state index is 12.3. The van der Waals surface area contributed by atoms with E-state index in [1.54, 1.807) is 12.1 Å². The molecular formula is C15H21NO2. The molecular weight excluding hydrogens is 226 g/mol. The summed E-state index contributed by atoms with van der Waals surface area (Å²) in [6, 6.07) is 7.26. The second-order valence-corrected chi connectivity index (χ2v) is 5.58. The third-order valence-electron chi connectivity index (χ3n) is 3.40. The van der Waals surface area contributed by atoms with Crippen molar-refractivity contribution in [3.05, 3.63) is 29.8 Å². The van der Waals surface area contributed by atoms with Crippen molar-refractivity contribution in [3.8, 4) is 5.75 Å². The maximum Gasteiger partial charge on any atom is 0.182 e. The van der Waals surface area contributed by atoms with E-state index in [4.69, 9.17) is 10.5 Å². The number of ether oxygens (including phenoxy) is 1. The van der Waals surface area contributed by atoms with Crippen molar-refractivity contribution in [2.45, 2.75) is 45.3 Å². The van der Waals surface area contributed by atoms with Crippen LogP contribution in [0.4, 0.5) is 0 Å². The van der Waals surface area contributed by atoms with Crippen LogP contribution in [0, 0.1) is 5.92 Å². The van der Waals surface area contributed by atoms with Crippen LogP contribution in [-0.2, 0) is 0 Å². The van der Waals surface area contributed by atoms with Crippen molar-refractivity contribution in [2.75, 3.05) is 0 Å². The van der Waals surface area contributed by atoms with E-state index in [2.05, 4.69) is 0 Å². The van der Waals surface area contributed by atoms with Gasteiger partial charge in [0, 0.05) is 5.56 Å². The van der Waals surface area contributed by atoms with Gasteiger partial charge in [-0.2, -0.15) is 0 Å².